The number of carbonyl (C=O) groups is 1. The molecule has 3 N–H and O–H groups in total. The summed E-state index contributed by atoms with van der Waals surface area (Å²) < 4.78 is 5.26. The molecule has 0 saturated carbocycles. The van der Waals surface area contributed by atoms with Gasteiger partial charge in [-0.3, -0.25) is 0 Å². The Morgan fingerprint density at radius 2 is 2.09 bits per heavy atom. The van der Waals surface area contributed by atoms with Gasteiger partial charge in [-0.05, 0) is 51.8 Å². The molecule has 0 aliphatic carbocycles. The van der Waals surface area contributed by atoms with Crippen LogP contribution in [0.2, 0.25) is 0 Å². The van der Waals surface area contributed by atoms with Crippen LogP contribution in [0, 0.1) is 11.3 Å². The quantitative estimate of drug-likeness (QED) is 0.480. The number of anilines is 3. The van der Waals surface area contributed by atoms with E-state index in [0.717, 1.165) is 49.6 Å². The van der Waals surface area contributed by atoms with E-state index in [4.69, 9.17) is 15.0 Å². The van der Waals surface area contributed by atoms with Crippen LogP contribution >= 0.6 is 0 Å². The summed E-state index contributed by atoms with van der Waals surface area (Å²) in [5, 5.41) is 18.7. The number of aryl methyl sites for hydroxylation is 1. The Hall–Kier alpha value is -3.38. The van der Waals surface area contributed by atoms with E-state index in [2.05, 4.69) is 44.9 Å². The van der Waals surface area contributed by atoms with Crippen molar-refractivity contribution in [3.05, 3.63) is 41.6 Å². The van der Waals surface area contributed by atoms with Gasteiger partial charge in [0.25, 0.3) is 0 Å². The number of amides is 1. The van der Waals surface area contributed by atoms with Crippen LogP contribution in [-0.4, -0.2) is 53.9 Å². The molecule has 0 spiro atoms. The largest absolute Gasteiger partial charge is 0.444 e. The first-order chi connectivity index (χ1) is 16.3. The molecule has 1 fully saturated rings. The Kier molecular flexibility index (Phi) is 8.66. The van der Waals surface area contributed by atoms with E-state index in [9.17, 15) is 4.79 Å². The van der Waals surface area contributed by atoms with Crippen LogP contribution in [0.25, 0.3) is 0 Å². The van der Waals surface area contributed by atoms with Gasteiger partial charge < -0.3 is 25.6 Å². The zero-order valence-electron chi connectivity index (χ0n) is 20.5. The topological polar surface area (TPSA) is 115 Å². The van der Waals surface area contributed by atoms with Crippen molar-refractivity contribution in [3.8, 4) is 6.07 Å². The van der Waals surface area contributed by atoms with E-state index in [1.54, 1.807) is 12.1 Å². The van der Waals surface area contributed by atoms with Crippen LogP contribution in [0.1, 0.15) is 51.8 Å². The maximum atomic E-state index is 11.8. The third-order valence-electron chi connectivity index (χ3n) is 5.26. The fourth-order valence-corrected chi connectivity index (χ4v) is 3.77. The minimum atomic E-state index is -0.496. The molecule has 1 atom stereocenters. The number of ether oxygens (including phenoxy) is 1. The molecule has 34 heavy (non-hydrogen) atoms. The van der Waals surface area contributed by atoms with Crippen LogP contribution in [-0.2, 0) is 11.2 Å². The summed E-state index contributed by atoms with van der Waals surface area (Å²) >= 11 is 0. The van der Waals surface area contributed by atoms with Gasteiger partial charge in [0, 0.05) is 49.7 Å². The number of rotatable bonds is 9. The molecule has 0 unspecified atom stereocenters. The van der Waals surface area contributed by atoms with Crippen molar-refractivity contribution in [1.29, 1.82) is 5.26 Å². The van der Waals surface area contributed by atoms with Crippen LogP contribution in [0.15, 0.2) is 30.3 Å². The Morgan fingerprint density at radius 3 is 2.82 bits per heavy atom. The molecule has 1 aliphatic heterocycles. The molecular weight excluding hydrogens is 430 g/mol. The molecule has 3 rings (SSSR count). The molecule has 1 saturated heterocycles. The molecular formula is C25H35N7O2. The number of carbonyl (C=O) groups excluding carboxylic acids is 1. The van der Waals surface area contributed by atoms with Crippen LogP contribution in [0.5, 0.6) is 0 Å². The van der Waals surface area contributed by atoms with E-state index >= 15 is 0 Å². The number of nitriles is 1. The number of hydrogen-bond acceptors (Lipinski definition) is 8. The summed E-state index contributed by atoms with van der Waals surface area (Å²) in [5.41, 5.74) is 1.87. The normalized spacial score (nSPS) is 15.6. The molecule has 182 valence electrons. The zero-order chi connectivity index (χ0) is 24.6. The Labute approximate surface area is 201 Å². The third-order valence-corrected chi connectivity index (χ3v) is 5.26. The predicted octanol–water partition coefficient (Wildman–Crippen LogP) is 3.74. The fourth-order valence-electron chi connectivity index (χ4n) is 3.77. The average Bonchev–Trinajstić information content (AvgIpc) is 3.25. The molecule has 9 nitrogen and oxygen atoms in total. The highest BCUT2D eigenvalue weighted by atomic mass is 16.6. The lowest BCUT2D eigenvalue weighted by atomic mass is 10.2. The summed E-state index contributed by atoms with van der Waals surface area (Å²) in [5.74, 6) is 1.43. The molecule has 2 heterocycles. The van der Waals surface area contributed by atoms with Crippen molar-refractivity contribution < 1.29 is 9.53 Å². The Morgan fingerprint density at radius 1 is 1.26 bits per heavy atom. The van der Waals surface area contributed by atoms with Crippen LogP contribution in [0.4, 0.5) is 22.2 Å². The Balaban J connectivity index is 1.57. The minimum Gasteiger partial charge on any atom is -0.444 e. The standard InChI is InChI=1S/C25H35N7O2/c1-5-7-19-15-22(31-23(29-19)30-20-9-6-8-18(14-20)16-26)32-13-10-21(17-32)27-11-12-28-24(33)34-25(2,3)4/h6,8-9,14-15,21,27H,5,7,10-13,17H2,1-4H3,(H,28,33)(H,29,30,31)/t21-/m0/s1. The van der Waals surface area contributed by atoms with Gasteiger partial charge >= 0.3 is 6.09 Å². The van der Waals surface area contributed by atoms with Crippen molar-refractivity contribution in [2.24, 2.45) is 0 Å². The highest BCUT2D eigenvalue weighted by molar-refractivity contribution is 5.67. The van der Waals surface area contributed by atoms with Gasteiger partial charge in [-0.15, -0.1) is 0 Å². The molecule has 1 aromatic heterocycles. The maximum absolute atomic E-state index is 11.8. The second-order valence-electron chi connectivity index (χ2n) is 9.42. The van der Waals surface area contributed by atoms with Crippen molar-refractivity contribution in [1.82, 2.24) is 20.6 Å². The van der Waals surface area contributed by atoms with Gasteiger partial charge in [-0.25, -0.2) is 9.78 Å². The number of aromatic nitrogens is 2. The first-order valence-electron chi connectivity index (χ1n) is 11.9. The summed E-state index contributed by atoms with van der Waals surface area (Å²) in [4.78, 5) is 23.5. The smallest absolute Gasteiger partial charge is 0.407 e. The third kappa shape index (κ3) is 7.89. The predicted molar refractivity (Wildman–Crippen MR) is 133 cm³/mol. The lowest BCUT2D eigenvalue weighted by Gasteiger charge is -2.21. The van der Waals surface area contributed by atoms with Gasteiger partial charge in [-0.2, -0.15) is 10.2 Å². The molecule has 1 aliphatic rings. The summed E-state index contributed by atoms with van der Waals surface area (Å²) in [6, 6.07) is 11.8. The van der Waals surface area contributed by atoms with Gasteiger partial charge in [0.15, 0.2) is 0 Å². The highest BCUT2D eigenvalue weighted by Gasteiger charge is 2.24. The van der Waals surface area contributed by atoms with E-state index in [1.165, 1.54) is 0 Å². The number of nitrogens with zero attached hydrogens (tertiary/aromatic N) is 4. The summed E-state index contributed by atoms with van der Waals surface area (Å²) in [6.07, 6.45) is 2.46. The summed E-state index contributed by atoms with van der Waals surface area (Å²) in [7, 11) is 0. The maximum Gasteiger partial charge on any atom is 0.407 e. The lowest BCUT2D eigenvalue weighted by molar-refractivity contribution is 0.0528. The number of alkyl carbamates (subject to hydrolysis) is 1. The molecule has 1 aromatic carbocycles. The fraction of sp³-hybridized carbons (Fsp3) is 0.520. The van der Waals surface area contributed by atoms with Gasteiger partial charge in [0.05, 0.1) is 11.6 Å². The van der Waals surface area contributed by atoms with E-state index < -0.39 is 11.7 Å². The highest BCUT2D eigenvalue weighted by Crippen LogP contribution is 2.23. The van der Waals surface area contributed by atoms with E-state index in [1.807, 2.05) is 32.9 Å². The first kappa shape index (κ1) is 25.2. The molecule has 0 bridgehead atoms. The lowest BCUT2D eigenvalue weighted by Crippen LogP contribution is -2.40. The molecule has 2 aromatic rings. The summed E-state index contributed by atoms with van der Waals surface area (Å²) in [6.45, 7) is 10.6. The SMILES string of the molecule is CCCc1cc(N2CC[C@H](NCCNC(=O)OC(C)(C)C)C2)nc(Nc2cccc(C#N)c2)n1. The van der Waals surface area contributed by atoms with E-state index in [-0.39, 0.29) is 0 Å². The molecule has 0 radical (unpaired) electrons. The second-order valence-corrected chi connectivity index (χ2v) is 9.42. The van der Waals surface area contributed by atoms with Gasteiger partial charge in [0.2, 0.25) is 5.95 Å². The van der Waals surface area contributed by atoms with Gasteiger partial charge in [-0.1, -0.05) is 19.4 Å². The average molecular weight is 466 g/mol. The second kappa shape index (κ2) is 11.7. The van der Waals surface area contributed by atoms with Crippen LogP contribution < -0.4 is 20.9 Å². The molecule has 9 heteroatoms. The first-order valence-corrected chi connectivity index (χ1v) is 11.9. The van der Waals surface area contributed by atoms with Crippen molar-refractivity contribution in [2.75, 3.05) is 36.4 Å². The Bertz CT molecular complexity index is 1010. The van der Waals surface area contributed by atoms with Crippen molar-refractivity contribution in [3.63, 3.8) is 0 Å². The van der Waals surface area contributed by atoms with E-state index in [0.29, 0.717) is 30.6 Å². The number of benzene rings is 1. The van der Waals surface area contributed by atoms with Crippen molar-refractivity contribution in [2.45, 2.75) is 58.6 Å². The molecule has 1 amide bonds. The van der Waals surface area contributed by atoms with Gasteiger partial charge in [0.1, 0.15) is 11.4 Å². The number of hydrogen-bond donors (Lipinski definition) is 3. The van der Waals surface area contributed by atoms with Crippen molar-refractivity contribution >= 4 is 23.5 Å². The number of nitrogens with one attached hydrogen (secondary N) is 3. The zero-order valence-corrected chi connectivity index (χ0v) is 20.5. The van der Waals surface area contributed by atoms with Crippen LogP contribution in [0.3, 0.4) is 0 Å². The minimum absolute atomic E-state index is 0.314. The monoisotopic (exact) mass is 465 g/mol.